The van der Waals surface area contributed by atoms with Crippen molar-refractivity contribution in [2.75, 3.05) is 33.4 Å². The maximum atomic E-state index is 12.4. The molecule has 1 amide bonds. The van der Waals surface area contributed by atoms with Gasteiger partial charge >= 0.3 is 0 Å². The molecule has 0 radical (unpaired) electrons. The monoisotopic (exact) mass is 358 g/mol. The topological polar surface area (TPSA) is 80.0 Å². The van der Waals surface area contributed by atoms with Crippen molar-refractivity contribution < 1.29 is 13.9 Å². The average molecular weight is 358 g/mol. The molecule has 1 aromatic heterocycles. The smallest absolute Gasteiger partial charge is 0.251 e. The first kappa shape index (κ1) is 16.2. The number of nitrogens with zero attached hydrogens (tertiary/aromatic N) is 3. The van der Waals surface area contributed by atoms with E-state index in [1.807, 2.05) is 5.41 Å². The summed E-state index contributed by atoms with van der Waals surface area (Å²) in [5.74, 6) is 0.482. The lowest BCUT2D eigenvalue weighted by molar-refractivity contribution is 0.0955. The van der Waals surface area contributed by atoms with Gasteiger partial charge in [0, 0.05) is 36.7 Å². The summed E-state index contributed by atoms with van der Waals surface area (Å²) in [5, 5.41) is 6.03. The van der Waals surface area contributed by atoms with Crippen LogP contribution in [0, 0.1) is 0 Å². The molecule has 0 aliphatic carbocycles. The van der Waals surface area contributed by atoms with Gasteiger partial charge in [-0.3, -0.25) is 9.79 Å². The molecule has 1 N–H and O–H groups in total. The zero-order valence-electron chi connectivity index (χ0n) is 13.8. The van der Waals surface area contributed by atoms with Crippen molar-refractivity contribution in [2.45, 2.75) is 6.42 Å². The number of methoxy groups -OCH3 is 1. The first-order valence-electron chi connectivity index (χ1n) is 8.09. The first-order valence-corrected chi connectivity index (χ1v) is 8.97. The summed E-state index contributed by atoms with van der Waals surface area (Å²) >= 11 is 1.61. The number of ether oxygens (including phenoxy) is 1. The van der Waals surface area contributed by atoms with Crippen molar-refractivity contribution in [3.63, 3.8) is 0 Å². The molecule has 0 bridgehead atoms. The van der Waals surface area contributed by atoms with Crippen LogP contribution in [-0.4, -0.2) is 54.3 Å². The zero-order valence-corrected chi connectivity index (χ0v) is 14.6. The fraction of sp³-hybridized carbons (Fsp3) is 0.353. The van der Waals surface area contributed by atoms with Crippen LogP contribution in [0.2, 0.25) is 0 Å². The number of carbonyl (C=O) groups excluding carboxylic acids is 1. The van der Waals surface area contributed by atoms with Crippen LogP contribution < -0.4 is 5.32 Å². The van der Waals surface area contributed by atoms with Crippen LogP contribution in [0.3, 0.4) is 0 Å². The molecule has 0 fully saturated rings. The van der Waals surface area contributed by atoms with Crippen LogP contribution in [0.25, 0.3) is 11.1 Å². The Balaban J connectivity index is 1.42. The third-order valence-corrected chi connectivity index (χ3v) is 5.04. The van der Waals surface area contributed by atoms with Crippen molar-refractivity contribution in [3.05, 3.63) is 40.8 Å². The number of aliphatic imine (C=N–C) groups is 1. The number of amidine groups is 1. The van der Waals surface area contributed by atoms with E-state index < -0.39 is 0 Å². The number of hydrogen-bond acceptors (Lipinski definition) is 7. The summed E-state index contributed by atoms with van der Waals surface area (Å²) in [6.07, 6.45) is 0.609. The molecular formula is C17H18N4O3S. The number of aromatic nitrogens is 1. The van der Waals surface area contributed by atoms with Gasteiger partial charge in [0.25, 0.3) is 5.91 Å². The normalized spacial score (nSPS) is 16.1. The SMILES string of the molecule is COCCc1nc2ccc(C(=O)NCC3=CSC4=NCCN34)cc2o1. The molecule has 8 heteroatoms. The molecule has 7 nitrogen and oxygen atoms in total. The van der Waals surface area contributed by atoms with E-state index in [1.54, 1.807) is 37.1 Å². The number of hydrogen-bond donors (Lipinski definition) is 1. The second-order valence-electron chi connectivity index (χ2n) is 5.76. The van der Waals surface area contributed by atoms with Crippen LogP contribution in [0.5, 0.6) is 0 Å². The van der Waals surface area contributed by atoms with E-state index >= 15 is 0 Å². The van der Waals surface area contributed by atoms with E-state index in [-0.39, 0.29) is 5.91 Å². The molecule has 130 valence electrons. The second-order valence-corrected chi connectivity index (χ2v) is 6.60. The summed E-state index contributed by atoms with van der Waals surface area (Å²) in [7, 11) is 1.64. The van der Waals surface area contributed by atoms with Gasteiger partial charge in [0.05, 0.1) is 19.7 Å². The molecule has 2 aliphatic rings. The number of nitrogens with one attached hydrogen (secondary N) is 1. The highest BCUT2D eigenvalue weighted by Crippen LogP contribution is 2.28. The van der Waals surface area contributed by atoms with Gasteiger partial charge in [0.2, 0.25) is 0 Å². The lowest BCUT2D eigenvalue weighted by Crippen LogP contribution is -2.32. The van der Waals surface area contributed by atoms with E-state index in [9.17, 15) is 4.79 Å². The number of benzene rings is 1. The molecular weight excluding hydrogens is 340 g/mol. The van der Waals surface area contributed by atoms with Crippen molar-refractivity contribution in [1.29, 1.82) is 0 Å². The minimum absolute atomic E-state index is 0.132. The van der Waals surface area contributed by atoms with E-state index in [2.05, 4.69) is 20.2 Å². The molecule has 2 aromatic rings. The predicted molar refractivity (Wildman–Crippen MR) is 96.6 cm³/mol. The van der Waals surface area contributed by atoms with Crippen molar-refractivity contribution in [1.82, 2.24) is 15.2 Å². The lowest BCUT2D eigenvalue weighted by atomic mass is 10.2. The Labute approximate surface area is 149 Å². The summed E-state index contributed by atoms with van der Waals surface area (Å²) in [5.41, 5.74) is 3.00. The van der Waals surface area contributed by atoms with Gasteiger partial charge in [-0.15, -0.1) is 0 Å². The Kier molecular flexibility index (Phi) is 4.46. The van der Waals surface area contributed by atoms with Gasteiger partial charge in [-0.25, -0.2) is 4.98 Å². The van der Waals surface area contributed by atoms with E-state index in [4.69, 9.17) is 9.15 Å². The van der Waals surface area contributed by atoms with Crippen molar-refractivity contribution >= 4 is 33.9 Å². The van der Waals surface area contributed by atoms with Crippen LogP contribution >= 0.6 is 11.8 Å². The number of carbonyl (C=O) groups is 1. The molecule has 25 heavy (non-hydrogen) atoms. The Bertz CT molecular complexity index is 874. The van der Waals surface area contributed by atoms with Crippen LogP contribution in [0.15, 0.2) is 38.7 Å². The minimum Gasteiger partial charge on any atom is -0.441 e. The highest BCUT2D eigenvalue weighted by molar-refractivity contribution is 8.16. The molecule has 1 aromatic carbocycles. The lowest BCUT2D eigenvalue weighted by Gasteiger charge is -2.16. The molecule has 0 atom stereocenters. The zero-order chi connectivity index (χ0) is 17.2. The largest absolute Gasteiger partial charge is 0.441 e. The van der Waals surface area contributed by atoms with Crippen molar-refractivity contribution in [3.8, 4) is 0 Å². The summed E-state index contributed by atoms with van der Waals surface area (Å²) < 4.78 is 10.7. The van der Waals surface area contributed by atoms with Crippen LogP contribution in [0.1, 0.15) is 16.2 Å². The van der Waals surface area contributed by atoms with Gasteiger partial charge in [-0.1, -0.05) is 11.8 Å². The first-order chi connectivity index (χ1) is 12.2. The van der Waals surface area contributed by atoms with Crippen LogP contribution in [0.4, 0.5) is 0 Å². The molecule has 4 rings (SSSR count). The second kappa shape index (κ2) is 6.89. The van der Waals surface area contributed by atoms with Gasteiger partial charge in [0.1, 0.15) is 5.52 Å². The van der Waals surface area contributed by atoms with Gasteiger partial charge < -0.3 is 19.4 Å². The Morgan fingerprint density at radius 2 is 2.40 bits per heavy atom. The minimum atomic E-state index is -0.132. The molecule has 0 spiro atoms. The van der Waals surface area contributed by atoms with E-state index in [0.717, 1.165) is 29.5 Å². The Morgan fingerprint density at radius 3 is 3.28 bits per heavy atom. The van der Waals surface area contributed by atoms with Gasteiger partial charge in [-0.2, -0.15) is 0 Å². The quantitative estimate of drug-likeness (QED) is 0.851. The predicted octanol–water partition coefficient (Wildman–Crippen LogP) is 2.01. The highest BCUT2D eigenvalue weighted by atomic mass is 32.2. The maximum Gasteiger partial charge on any atom is 0.251 e. The molecule has 3 heterocycles. The Hall–Kier alpha value is -2.32. The number of oxazole rings is 1. The fourth-order valence-electron chi connectivity index (χ4n) is 2.80. The van der Waals surface area contributed by atoms with E-state index in [0.29, 0.717) is 36.6 Å². The fourth-order valence-corrected chi connectivity index (χ4v) is 3.75. The average Bonchev–Trinajstić information content (AvgIpc) is 3.32. The van der Waals surface area contributed by atoms with Gasteiger partial charge in [-0.05, 0) is 18.2 Å². The number of rotatable bonds is 6. The number of amides is 1. The van der Waals surface area contributed by atoms with Crippen molar-refractivity contribution in [2.24, 2.45) is 4.99 Å². The summed E-state index contributed by atoms with van der Waals surface area (Å²) in [6.45, 7) is 2.74. The number of thioether (sulfide) groups is 1. The number of fused-ring (bicyclic) bond motifs is 2. The van der Waals surface area contributed by atoms with Crippen LogP contribution in [-0.2, 0) is 11.2 Å². The third-order valence-electron chi connectivity index (χ3n) is 4.09. The molecule has 0 saturated carbocycles. The third kappa shape index (κ3) is 3.27. The maximum absolute atomic E-state index is 12.4. The summed E-state index contributed by atoms with van der Waals surface area (Å²) in [6, 6.07) is 5.30. The molecule has 2 aliphatic heterocycles. The standard InChI is InChI=1S/C17H18N4O3S/c1-23-7-4-15-20-13-3-2-11(8-14(13)24-15)16(22)19-9-12-10-25-17-18-5-6-21(12)17/h2-3,8,10H,4-7,9H2,1H3,(H,19,22). The highest BCUT2D eigenvalue weighted by Gasteiger charge is 2.26. The van der Waals surface area contributed by atoms with Gasteiger partial charge in [0.15, 0.2) is 16.6 Å². The molecule has 0 unspecified atom stereocenters. The molecule has 0 saturated heterocycles. The Morgan fingerprint density at radius 1 is 1.48 bits per heavy atom. The summed E-state index contributed by atoms with van der Waals surface area (Å²) in [4.78, 5) is 23.4. The van der Waals surface area contributed by atoms with E-state index in [1.165, 1.54) is 0 Å².